The highest BCUT2D eigenvalue weighted by Crippen LogP contribution is 2.12. The Labute approximate surface area is 209 Å². The number of amides is 1. The second-order valence-electron chi connectivity index (χ2n) is 9.32. The maximum absolute atomic E-state index is 12.3. The smallest absolute Gasteiger partial charge is 0.267 e. The molecule has 0 rings (SSSR count). The number of hydrogen-bond acceptors (Lipinski definition) is 4. The zero-order valence-corrected chi connectivity index (χ0v) is 22.5. The van der Waals surface area contributed by atoms with Gasteiger partial charge in [0.15, 0.2) is 0 Å². The van der Waals surface area contributed by atoms with Crippen LogP contribution in [0.1, 0.15) is 123 Å². The Kier molecular flexibility index (Phi) is 21.5. The minimum Gasteiger partial charge on any atom is -0.387 e. The van der Waals surface area contributed by atoms with Gasteiger partial charge >= 0.3 is 0 Å². The molecule has 7 heteroatoms. The van der Waals surface area contributed by atoms with Gasteiger partial charge in [0.25, 0.3) is 10.1 Å². The van der Waals surface area contributed by atoms with E-state index in [1.54, 1.807) is 6.08 Å². The van der Waals surface area contributed by atoms with Gasteiger partial charge in [-0.1, -0.05) is 115 Å². The summed E-state index contributed by atoms with van der Waals surface area (Å²) < 4.78 is 31.9. The van der Waals surface area contributed by atoms with E-state index < -0.39 is 28.0 Å². The molecule has 2 unspecified atom stereocenters. The molecule has 0 aromatic rings. The third-order valence-electron chi connectivity index (χ3n) is 5.86. The first-order chi connectivity index (χ1) is 16.3. The van der Waals surface area contributed by atoms with Crippen LogP contribution in [0.4, 0.5) is 0 Å². The van der Waals surface area contributed by atoms with Crippen molar-refractivity contribution in [3.8, 4) is 0 Å². The number of allylic oxidation sites excluding steroid dienone is 3. The third-order valence-corrected chi connectivity index (χ3v) is 6.64. The number of unbranched alkanes of at least 4 members (excludes halogenated alkanes) is 13. The second-order valence-corrected chi connectivity index (χ2v) is 10.8. The first-order valence-electron chi connectivity index (χ1n) is 13.5. The van der Waals surface area contributed by atoms with Gasteiger partial charge in [0, 0.05) is 6.42 Å². The highest BCUT2D eigenvalue weighted by atomic mass is 32.2. The van der Waals surface area contributed by atoms with Gasteiger partial charge in [0.2, 0.25) is 5.91 Å². The van der Waals surface area contributed by atoms with E-state index in [1.807, 2.05) is 0 Å². The summed E-state index contributed by atoms with van der Waals surface area (Å²) in [6, 6.07) is -1.06. The van der Waals surface area contributed by atoms with Crippen LogP contribution in [0, 0.1) is 0 Å². The Morgan fingerprint density at radius 1 is 0.765 bits per heavy atom. The molecule has 0 aliphatic rings. The van der Waals surface area contributed by atoms with Crippen molar-refractivity contribution in [1.82, 2.24) is 5.32 Å². The number of carbonyl (C=O) groups excluding carboxylic acids is 1. The zero-order chi connectivity index (χ0) is 25.5. The summed E-state index contributed by atoms with van der Waals surface area (Å²) in [6.45, 7) is 4.35. The molecular weight excluding hydrogens is 450 g/mol. The van der Waals surface area contributed by atoms with Crippen LogP contribution in [0.3, 0.4) is 0 Å². The maximum Gasteiger partial charge on any atom is 0.267 e. The van der Waals surface area contributed by atoms with E-state index in [0.717, 1.165) is 38.5 Å². The molecule has 0 radical (unpaired) electrons. The van der Waals surface area contributed by atoms with Crippen LogP contribution in [0.15, 0.2) is 24.3 Å². The van der Waals surface area contributed by atoms with E-state index >= 15 is 0 Å². The fourth-order valence-electron chi connectivity index (χ4n) is 3.82. The molecule has 0 aromatic heterocycles. The molecule has 3 N–H and O–H groups in total. The van der Waals surface area contributed by atoms with Crippen molar-refractivity contribution in [2.45, 2.75) is 135 Å². The Bertz CT molecular complexity index is 645. The lowest BCUT2D eigenvalue weighted by molar-refractivity contribution is -0.122. The monoisotopic (exact) mass is 501 g/mol. The van der Waals surface area contributed by atoms with Crippen LogP contribution in [0.25, 0.3) is 0 Å². The van der Waals surface area contributed by atoms with Gasteiger partial charge in [-0.3, -0.25) is 9.35 Å². The molecule has 0 spiro atoms. The SMILES string of the molecule is CCC/C=C/CC/C=C/C(O)C(CS(=O)(=O)O)NC(=O)CCCCCCCCCCCCCC. The largest absolute Gasteiger partial charge is 0.387 e. The predicted octanol–water partition coefficient (Wildman–Crippen LogP) is 6.50. The number of aliphatic hydroxyl groups is 1. The van der Waals surface area contributed by atoms with Crippen LogP contribution in [-0.4, -0.2) is 41.9 Å². The zero-order valence-electron chi connectivity index (χ0n) is 21.7. The first kappa shape index (κ1) is 32.8. The normalized spacial score (nSPS) is 14.1. The topological polar surface area (TPSA) is 104 Å². The Balaban J connectivity index is 4.13. The van der Waals surface area contributed by atoms with E-state index in [2.05, 4.69) is 31.3 Å². The highest BCUT2D eigenvalue weighted by Gasteiger charge is 2.24. The van der Waals surface area contributed by atoms with Gasteiger partial charge in [0.05, 0.1) is 17.9 Å². The lowest BCUT2D eigenvalue weighted by Gasteiger charge is -2.21. The summed E-state index contributed by atoms with van der Waals surface area (Å²) in [4.78, 5) is 12.3. The number of rotatable bonds is 23. The van der Waals surface area contributed by atoms with Gasteiger partial charge in [-0.15, -0.1) is 0 Å². The Hall–Kier alpha value is -1.18. The van der Waals surface area contributed by atoms with Crippen molar-refractivity contribution >= 4 is 16.0 Å². The van der Waals surface area contributed by atoms with Gasteiger partial charge < -0.3 is 10.4 Å². The second kappa shape index (κ2) is 22.3. The van der Waals surface area contributed by atoms with Crippen LogP contribution in [0.2, 0.25) is 0 Å². The molecule has 0 fully saturated rings. The molecule has 0 saturated carbocycles. The van der Waals surface area contributed by atoms with Crippen molar-refractivity contribution in [3.05, 3.63) is 24.3 Å². The average molecular weight is 502 g/mol. The van der Waals surface area contributed by atoms with E-state index in [9.17, 15) is 22.9 Å². The summed E-state index contributed by atoms with van der Waals surface area (Å²) in [5.41, 5.74) is 0. The van der Waals surface area contributed by atoms with Crippen molar-refractivity contribution in [1.29, 1.82) is 0 Å². The third kappa shape index (κ3) is 22.6. The minimum absolute atomic E-state index is 0.290. The molecule has 1 amide bonds. The molecule has 200 valence electrons. The summed E-state index contributed by atoms with van der Waals surface area (Å²) in [7, 11) is -4.33. The van der Waals surface area contributed by atoms with Crippen LogP contribution in [-0.2, 0) is 14.9 Å². The molecule has 2 atom stereocenters. The van der Waals surface area contributed by atoms with E-state index in [0.29, 0.717) is 6.42 Å². The van der Waals surface area contributed by atoms with Crippen molar-refractivity contribution in [2.24, 2.45) is 0 Å². The van der Waals surface area contributed by atoms with E-state index in [1.165, 1.54) is 63.9 Å². The van der Waals surface area contributed by atoms with Gasteiger partial charge in [-0.05, 0) is 25.7 Å². The summed E-state index contributed by atoms with van der Waals surface area (Å²) in [5, 5.41) is 12.9. The lowest BCUT2D eigenvalue weighted by atomic mass is 10.0. The average Bonchev–Trinajstić information content (AvgIpc) is 2.77. The molecular formula is C27H51NO5S. The van der Waals surface area contributed by atoms with Crippen molar-refractivity contribution < 1.29 is 22.9 Å². The fourth-order valence-corrected chi connectivity index (χ4v) is 4.56. The molecule has 0 aliphatic heterocycles. The Morgan fingerprint density at radius 3 is 1.79 bits per heavy atom. The van der Waals surface area contributed by atoms with E-state index in [4.69, 9.17) is 0 Å². The molecule has 0 aliphatic carbocycles. The molecule has 34 heavy (non-hydrogen) atoms. The predicted molar refractivity (Wildman–Crippen MR) is 142 cm³/mol. The Morgan fingerprint density at radius 2 is 1.26 bits per heavy atom. The van der Waals surface area contributed by atoms with Gasteiger partial charge in [-0.25, -0.2) is 0 Å². The number of carbonyl (C=O) groups is 1. The summed E-state index contributed by atoms with van der Waals surface area (Å²) in [6.07, 6.45) is 24.7. The van der Waals surface area contributed by atoms with Crippen molar-refractivity contribution in [2.75, 3.05) is 5.75 Å². The number of hydrogen-bond donors (Lipinski definition) is 3. The molecule has 0 saturated heterocycles. The quantitative estimate of drug-likeness (QED) is 0.0842. The standard InChI is InChI=1S/C27H51NO5S/c1-3-5-7-9-11-12-13-14-15-17-19-21-23-27(30)28-25(24-34(31,32)33)26(29)22-20-18-16-10-8-6-4-2/h8,10,20,22,25-26,29H,3-7,9,11-19,21,23-24H2,1-2H3,(H,28,30)(H,31,32,33)/b10-8+,22-20+. The number of nitrogens with one attached hydrogen (secondary N) is 1. The highest BCUT2D eigenvalue weighted by molar-refractivity contribution is 7.85. The lowest BCUT2D eigenvalue weighted by Crippen LogP contribution is -2.46. The molecule has 6 nitrogen and oxygen atoms in total. The number of aliphatic hydroxyl groups excluding tert-OH is 1. The van der Waals surface area contributed by atoms with Crippen LogP contribution >= 0.6 is 0 Å². The van der Waals surface area contributed by atoms with Gasteiger partial charge in [0.1, 0.15) is 0 Å². The van der Waals surface area contributed by atoms with Gasteiger partial charge in [-0.2, -0.15) is 8.42 Å². The minimum atomic E-state index is -4.33. The maximum atomic E-state index is 12.3. The summed E-state index contributed by atoms with van der Waals surface area (Å²) >= 11 is 0. The van der Waals surface area contributed by atoms with Crippen LogP contribution in [0.5, 0.6) is 0 Å². The van der Waals surface area contributed by atoms with Crippen LogP contribution < -0.4 is 5.32 Å². The molecule has 0 bridgehead atoms. The molecule has 0 heterocycles. The molecule has 0 aromatic carbocycles. The summed E-state index contributed by atoms with van der Waals surface area (Å²) in [5.74, 6) is -1.00. The fraction of sp³-hybridized carbons (Fsp3) is 0.815. The van der Waals surface area contributed by atoms with Crippen molar-refractivity contribution in [3.63, 3.8) is 0 Å². The first-order valence-corrected chi connectivity index (χ1v) is 15.1. The van der Waals surface area contributed by atoms with E-state index in [-0.39, 0.29) is 12.3 Å².